The molecule has 0 spiro atoms. The van der Waals surface area contributed by atoms with E-state index in [2.05, 4.69) is 24.9 Å². The summed E-state index contributed by atoms with van der Waals surface area (Å²) < 4.78 is 0. The maximum Gasteiger partial charge on any atom is 0.0276 e. The van der Waals surface area contributed by atoms with Gasteiger partial charge in [-0.15, -0.1) is 6.58 Å². The van der Waals surface area contributed by atoms with Crippen LogP contribution in [0, 0.1) is 12.5 Å². The second-order valence-electron chi connectivity index (χ2n) is 2.61. The van der Waals surface area contributed by atoms with Crippen molar-refractivity contribution in [2.75, 3.05) is 14.1 Å². The smallest absolute Gasteiger partial charge is 0.0276 e. The third-order valence-corrected chi connectivity index (χ3v) is 1.09. The number of hydrogen-bond donors (Lipinski definition) is 0. The number of nitrogens with zero attached hydrogens (tertiary/aromatic N) is 1. The molecule has 0 bridgehead atoms. The van der Waals surface area contributed by atoms with Crippen molar-refractivity contribution in [3.8, 4) is 0 Å². The minimum absolute atomic E-state index is 0.623. The third kappa shape index (κ3) is 5.57. The molecule has 0 rings (SSSR count). The van der Waals surface area contributed by atoms with Crippen molar-refractivity contribution in [2.45, 2.75) is 13.3 Å². The summed E-state index contributed by atoms with van der Waals surface area (Å²) in [5.74, 6) is 0.623. The van der Waals surface area contributed by atoms with Gasteiger partial charge in [0.2, 0.25) is 0 Å². The highest BCUT2D eigenvalue weighted by Crippen LogP contribution is 2.06. The number of rotatable bonds is 4. The van der Waals surface area contributed by atoms with Crippen LogP contribution < -0.4 is 0 Å². The summed E-state index contributed by atoms with van der Waals surface area (Å²) in [5, 5.41) is 0. The van der Waals surface area contributed by atoms with Crippen LogP contribution in [0.3, 0.4) is 0 Å². The highest BCUT2D eigenvalue weighted by molar-refractivity contribution is 4.77. The van der Waals surface area contributed by atoms with Crippen molar-refractivity contribution in [1.29, 1.82) is 0 Å². The summed E-state index contributed by atoms with van der Waals surface area (Å²) in [7, 11) is 4.08. The second kappa shape index (κ2) is 4.57. The van der Waals surface area contributed by atoms with Crippen LogP contribution in [0.4, 0.5) is 0 Å². The van der Waals surface area contributed by atoms with Crippen LogP contribution >= 0.6 is 0 Å². The van der Waals surface area contributed by atoms with Gasteiger partial charge in [-0.05, 0) is 26.4 Å². The molecule has 0 saturated carbocycles. The standard InChI is InChI=1S/C8H16N/c1-5-6-8(2)7-9(3)4/h5,7-8H,1,6H2,2-4H3. The first-order valence-corrected chi connectivity index (χ1v) is 3.29. The van der Waals surface area contributed by atoms with Crippen LogP contribution in [0.1, 0.15) is 13.3 Å². The number of hydrogen-bond acceptors (Lipinski definition) is 1. The lowest BCUT2D eigenvalue weighted by atomic mass is 10.1. The van der Waals surface area contributed by atoms with Gasteiger partial charge >= 0.3 is 0 Å². The zero-order chi connectivity index (χ0) is 7.28. The SMILES string of the molecule is C=CCC(C)[CH]N(C)C. The predicted molar refractivity (Wildman–Crippen MR) is 42.0 cm³/mol. The van der Waals surface area contributed by atoms with Crippen molar-refractivity contribution in [3.05, 3.63) is 19.2 Å². The summed E-state index contributed by atoms with van der Waals surface area (Å²) in [6.07, 6.45) is 3.02. The number of allylic oxidation sites excluding steroid dienone is 1. The Hall–Kier alpha value is -0.300. The molecule has 1 heteroatoms. The molecule has 0 heterocycles. The Morgan fingerprint density at radius 2 is 2.11 bits per heavy atom. The molecule has 0 amide bonds. The summed E-state index contributed by atoms with van der Waals surface area (Å²) in [4.78, 5) is 2.08. The van der Waals surface area contributed by atoms with Crippen LogP contribution in [0.5, 0.6) is 0 Å². The van der Waals surface area contributed by atoms with E-state index in [1.807, 2.05) is 20.2 Å². The maximum atomic E-state index is 3.67. The highest BCUT2D eigenvalue weighted by atomic mass is 15.0. The summed E-state index contributed by atoms with van der Waals surface area (Å²) in [6.45, 7) is 8.03. The summed E-state index contributed by atoms with van der Waals surface area (Å²) in [5.41, 5.74) is 0. The van der Waals surface area contributed by atoms with Crippen LogP contribution in [-0.2, 0) is 0 Å². The van der Waals surface area contributed by atoms with E-state index in [1.165, 1.54) is 0 Å². The van der Waals surface area contributed by atoms with E-state index in [4.69, 9.17) is 0 Å². The molecule has 1 atom stereocenters. The maximum absolute atomic E-state index is 3.67. The van der Waals surface area contributed by atoms with E-state index in [1.54, 1.807) is 0 Å². The Bertz CT molecular complexity index is 76.6. The van der Waals surface area contributed by atoms with E-state index < -0.39 is 0 Å². The van der Waals surface area contributed by atoms with E-state index in [-0.39, 0.29) is 0 Å². The minimum atomic E-state index is 0.623. The predicted octanol–water partition coefficient (Wildman–Crippen LogP) is 1.92. The van der Waals surface area contributed by atoms with Gasteiger partial charge < -0.3 is 4.90 Å². The lowest BCUT2D eigenvalue weighted by Gasteiger charge is -2.13. The molecule has 0 saturated heterocycles. The van der Waals surface area contributed by atoms with Crippen molar-refractivity contribution in [2.24, 2.45) is 5.92 Å². The Labute approximate surface area is 58.4 Å². The molecule has 0 aliphatic carbocycles. The van der Waals surface area contributed by atoms with E-state index in [9.17, 15) is 0 Å². The normalized spacial score (nSPS) is 13.8. The van der Waals surface area contributed by atoms with Crippen molar-refractivity contribution >= 4 is 0 Å². The average molecular weight is 126 g/mol. The first kappa shape index (κ1) is 8.70. The van der Waals surface area contributed by atoms with E-state index in [0.29, 0.717) is 5.92 Å². The minimum Gasteiger partial charge on any atom is -0.305 e. The van der Waals surface area contributed by atoms with E-state index >= 15 is 0 Å². The summed E-state index contributed by atoms with van der Waals surface area (Å²) >= 11 is 0. The quantitative estimate of drug-likeness (QED) is 0.520. The second-order valence-corrected chi connectivity index (χ2v) is 2.61. The van der Waals surface area contributed by atoms with Crippen LogP contribution in [0.15, 0.2) is 12.7 Å². The van der Waals surface area contributed by atoms with Gasteiger partial charge in [0.25, 0.3) is 0 Å². The molecular weight excluding hydrogens is 110 g/mol. The molecule has 53 valence electrons. The zero-order valence-electron chi connectivity index (χ0n) is 6.59. The molecule has 1 unspecified atom stereocenters. The lowest BCUT2D eigenvalue weighted by molar-refractivity contribution is 0.421. The fourth-order valence-electron chi connectivity index (χ4n) is 0.833. The zero-order valence-corrected chi connectivity index (χ0v) is 6.59. The van der Waals surface area contributed by atoms with Gasteiger partial charge in [-0.3, -0.25) is 0 Å². The van der Waals surface area contributed by atoms with Gasteiger partial charge in [-0.2, -0.15) is 0 Å². The molecule has 0 aliphatic heterocycles. The third-order valence-electron chi connectivity index (χ3n) is 1.09. The topological polar surface area (TPSA) is 3.24 Å². The first-order valence-electron chi connectivity index (χ1n) is 3.29. The molecule has 0 N–H and O–H groups in total. The van der Waals surface area contributed by atoms with Crippen LogP contribution in [-0.4, -0.2) is 19.0 Å². The highest BCUT2D eigenvalue weighted by Gasteiger charge is 1.99. The van der Waals surface area contributed by atoms with Crippen molar-refractivity contribution in [3.63, 3.8) is 0 Å². The van der Waals surface area contributed by atoms with Gasteiger partial charge in [0, 0.05) is 6.54 Å². The molecule has 0 aromatic carbocycles. The molecule has 0 fully saturated rings. The fraction of sp³-hybridized carbons (Fsp3) is 0.625. The Kier molecular flexibility index (Phi) is 4.41. The Morgan fingerprint density at radius 1 is 1.56 bits per heavy atom. The average Bonchev–Trinajstić information content (AvgIpc) is 1.63. The molecule has 9 heavy (non-hydrogen) atoms. The molecule has 0 aromatic heterocycles. The fourth-order valence-corrected chi connectivity index (χ4v) is 0.833. The van der Waals surface area contributed by atoms with Crippen LogP contribution in [0.25, 0.3) is 0 Å². The molecule has 0 aliphatic rings. The largest absolute Gasteiger partial charge is 0.305 e. The first-order chi connectivity index (χ1) is 4.16. The molecular formula is C8H16N. The van der Waals surface area contributed by atoms with Crippen molar-refractivity contribution < 1.29 is 0 Å². The lowest BCUT2D eigenvalue weighted by Crippen LogP contribution is -2.12. The van der Waals surface area contributed by atoms with Crippen LogP contribution in [0.2, 0.25) is 0 Å². The monoisotopic (exact) mass is 126 g/mol. The van der Waals surface area contributed by atoms with Gasteiger partial charge in [0.1, 0.15) is 0 Å². The van der Waals surface area contributed by atoms with Gasteiger partial charge in [-0.1, -0.05) is 13.0 Å². The van der Waals surface area contributed by atoms with Gasteiger partial charge in [-0.25, -0.2) is 0 Å². The molecule has 1 radical (unpaired) electrons. The van der Waals surface area contributed by atoms with Crippen molar-refractivity contribution in [1.82, 2.24) is 4.90 Å². The van der Waals surface area contributed by atoms with E-state index in [0.717, 1.165) is 6.42 Å². The van der Waals surface area contributed by atoms with Gasteiger partial charge in [0.15, 0.2) is 0 Å². The van der Waals surface area contributed by atoms with Gasteiger partial charge in [0.05, 0.1) is 0 Å². The Balaban J connectivity index is 3.25. The molecule has 1 nitrogen and oxygen atoms in total. The summed E-state index contributed by atoms with van der Waals surface area (Å²) in [6, 6.07) is 0. The Morgan fingerprint density at radius 3 is 2.44 bits per heavy atom. The molecule has 0 aromatic rings.